The molecule has 0 spiro atoms. The Bertz CT molecular complexity index is 816. The minimum atomic E-state index is -1.05. The second kappa shape index (κ2) is 8.69. The Kier molecular flexibility index (Phi) is 6.60. The quantitative estimate of drug-likeness (QED) is 0.732. The molecule has 26 heavy (non-hydrogen) atoms. The van der Waals surface area contributed by atoms with Crippen molar-refractivity contribution in [3.05, 3.63) is 69.2 Å². The predicted molar refractivity (Wildman–Crippen MR) is 96.8 cm³/mol. The van der Waals surface area contributed by atoms with Gasteiger partial charge >= 0.3 is 11.9 Å². The SMILES string of the molecule is COC(=O)[C@H](Cc1ccc(C(=O)O)cc1)NC(=O)c1c(Cl)cccc1Cl. The van der Waals surface area contributed by atoms with Gasteiger partial charge in [0.25, 0.3) is 5.91 Å². The summed E-state index contributed by atoms with van der Waals surface area (Å²) in [5.41, 5.74) is 0.831. The molecule has 0 fully saturated rings. The highest BCUT2D eigenvalue weighted by Crippen LogP contribution is 2.24. The van der Waals surface area contributed by atoms with E-state index in [9.17, 15) is 14.4 Å². The van der Waals surface area contributed by atoms with E-state index >= 15 is 0 Å². The number of nitrogens with one attached hydrogen (secondary N) is 1. The Morgan fingerprint density at radius 1 is 1.08 bits per heavy atom. The van der Waals surface area contributed by atoms with Crippen molar-refractivity contribution in [2.24, 2.45) is 0 Å². The van der Waals surface area contributed by atoms with Crippen LogP contribution in [0, 0.1) is 0 Å². The van der Waals surface area contributed by atoms with Crippen LogP contribution >= 0.6 is 23.2 Å². The van der Waals surface area contributed by atoms with Gasteiger partial charge in [0, 0.05) is 6.42 Å². The van der Waals surface area contributed by atoms with Crippen LogP contribution in [-0.4, -0.2) is 36.1 Å². The lowest BCUT2D eigenvalue weighted by Gasteiger charge is -2.17. The number of benzene rings is 2. The van der Waals surface area contributed by atoms with Crippen LogP contribution in [-0.2, 0) is 16.0 Å². The van der Waals surface area contributed by atoms with Crippen molar-refractivity contribution in [2.45, 2.75) is 12.5 Å². The van der Waals surface area contributed by atoms with Gasteiger partial charge in [0.2, 0.25) is 0 Å². The summed E-state index contributed by atoms with van der Waals surface area (Å²) in [5.74, 6) is -2.32. The fourth-order valence-electron chi connectivity index (χ4n) is 2.30. The van der Waals surface area contributed by atoms with E-state index in [0.29, 0.717) is 5.56 Å². The normalized spacial score (nSPS) is 11.5. The molecule has 0 saturated heterocycles. The van der Waals surface area contributed by atoms with Crippen molar-refractivity contribution in [2.75, 3.05) is 7.11 Å². The maximum Gasteiger partial charge on any atom is 0.335 e. The van der Waals surface area contributed by atoms with E-state index in [1.54, 1.807) is 18.2 Å². The molecular weight excluding hydrogens is 381 g/mol. The first-order valence-corrected chi connectivity index (χ1v) is 8.24. The van der Waals surface area contributed by atoms with Crippen LogP contribution in [0.15, 0.2) is 42.5 Å². The number of rotatable bonds is 6. The molecular formula is C18H15Cl2NO5. The first kappa shape index (κ1) is 19.8. The van der Waals surface area contributed by atoms with Gasteiger partial charge in [-0.15, -0.1) is 0 Å². The second-order valence-corrected chi connectivity index (χ2v) is 6.17. The molecule has 0 bridgehead atoms. The molecule has 6 nitrogen and oxygen atoms in total. The van der Waals surface area contributed by atoms with E-state index in [-0.39, 0.29) is 27.6 Å². The highest BCUT2D eigenvalue weighted by Gasteiger charge is 2.25. The Morgan fingerprint density at radius 3 is 2.15 bits per heavy atom. The summed E-state index contributed by atoms with van der Waals surface area (Å²) in [4.78, 5) is 35.4. The zero-order chi connectivity index (χ0) is 19.3. The van der Waals surface area contributed by atoms with Gasteiger partial charge in [-0.1, -0.05) is 41.4 Å². The zero-order valence-electron chi connectivity index (χ0n) is 13.7. The van der Waals surface area contributed by atoms with E-state index in [0.717, 1.165) is 0 Å². The number of carboxylic acids is 1. The lowest BCUT2D eigenvalue weighted by Crippen LogP contribution is -2.43. The first-order valence-electron chi connectivity index (χ1n) is 7.48. The fourth-order valence-corrected chi connectivity index (χ4v) is 2.87. The number of esters is 1. The van der Waals surface area contributed by atoms with E-state index < -0.39 is 23.9 Å². The third kappa shape index (κ3) is 4.74. The third-order valence-corrected chi connectivity index (χ3v) is 4.25. The molecule has 2 N–H and O–H groups in total. The molecule has 2 aromatic carbocycles. The Hall–Kier alpha value is -2.57. The van der Waals surface area contributed by atoms with Gasteiger partial charge in [0.05, 0.1) is 28.3 Å². The van der Waals surface area contributed by atoms with Gasteiger partial charge in [-0.2, -0.15) is 0 Å². The van der Waals surface area contributed by atoms with Crippen molar-refractivity contribution in [1.29, 1.82) is 0 Å². The second-order valence-electron chi connectivity index (χ2n) is 5.35. The average Bonchev–Trinajstić information content (AvgIpc) is 2.60. The standard InChI is InChI=1S/C18H15Cl2NO5/c1-26-18(25)14(9-10-5-7-11(8-6-10)17(23)24)21-16(22)15-12(19)3-2-4-13(15)20/h2-8,14H,9H2,1H3,(H,21,22)(H,23,24)/t14-/m0/s1. The van der Waals surface area contributed by atoms with Crippen molar-refractivity contribution >= 4 is 41.0 Å². The summed E-state index contributed by atoms with van der Waals surface area (Å²) in [7, 11) is 1.21. The maximum absolute atomic E-state index is 12.5. The highest BCUT2D eigenvalue weighted by atomic mass is 35.5. The van der Waals surface area contributed by atoms with Crippen LogP contribution in [0.5, 0.6) is 0 Å². The van der Waals surface area contributed by atoms with Gasteiger partial charge in [-0.05, 0) is 29.8 Å². The van der Waals surface area contributed by atoms with Crippen LogP contribution in [0.1, 0.15) is 26.3 Å². The average molecular weight is 396 g/mol. The number of carboxylic acid groups (broad SMARTS) is 1. The van der Waals surface area contributed by atoms with Crippen LogP contribution in [0.2, 0.25) is 10.0 Å². The van der Waals surface area contributed by atoms with E-state index in [4.69, 9.17) is 33.0 Å². The lowest BCUT2D eigenvalue weighted by atomic mass is 10.0. The molecule has 0 aliphatic carbocycles. The summed E-state index contributed by atoms with van der Waals surface area (Å²) in [5, 5.41) is 11.8. The molecule has 2 rings (SSSR count). The molecule has 8 heteroatoms. The van der Waals surface area contributed by atoms with Crippen molar-refractivity contribution in [1.82, 2.24) is 5.32 Å². The van der Waals surface area contributed by atoms with Crippen molar-refractivity contribution in [3.63, 3.8) is 0 Å². The van der Waals surface area contributed by atoms with Crippen LogP contribution in [0.25, 0.3) is 0 Å². The summed E-state index contributed by atoms with van der Waals surface area (Å²) in [6.07, 6.45) is 0.111. The smallest absolute Gasteiger partial charge is 0.335 e. The third-order valence-electron chi connectivity index (χ3n) is 3.62. The van der Waals surface area contributed by atoms with E-state index in [1.807, 2.05) is 0 Å². The van der Waals surface area contributed by atoms with Gasteiger partial charge in [-0.25, -0.2) is 9.59 Å². The van der Waals surface area contributed by atoms with Gasteiger partial charge in [0.15, 0.2) is 0 Å². The fraction of sp³-hybridized carbons (Fsp3) is 0.167. The van der Waals surface area contributed by atoms with Gasteiger partial charge in [-0.3, -0.25) is 4.79 Å². The summed E-state index contributed by atoms with van der Waals surface area (Å²) in [6.45, 7) is 0. The number of methoxy groups -OCH3 is 1. The molecule has 0 aliphatic rings. The number of amides is 1. The number of aromatic carboxylic acids is 1. The van der Waals surface area contributed by atoms with Crippen LogP contribution in [0.3, 0.4) is 0 Å². The van der Waals surface area contributed by atoms with E-state index in [1.165, 1.54) is 31.4 Å². The Balaban J connectivity index is 2.21. The molecule has 0 aromatic heterocycles. The topological polar surface area (TPSA) is 92.7 Å². The summed E-state index contributed by atoms with van der Waals surface area (Å²) >= 11 is 12.0. The number of carbonyl (C=O) groups is 3. The number of halogens is 2. The number of ether oxygens (including phenoxy) is 1. The summed E-state index contributed by atoms with van der Waals surface area (Å²) in [6, 6.07) is 9.60. The van der Waals surface area contributed by atoms with Crippen molar-refractivity contribution in [3.8, 4) is 0 Å². The number of carbonyl (C=O) groups excluding carboxylic acids is 2. The highest BCUT2D eigenvalue weighted by molar-refractivity contribution is 6.39. The Morgan fingerprint density at radius 2 is 1.65 bits per heavy atom. The van der Waals surface area contributed by atoms with Crippen LogP contribution < -0.4 is 5.32 Å². The minimum Gasteiger partial charge on any atom is -0.478 e. The lowest BCUT2D eigenvalue weighted by molar-refractivity contribution is -0.142. The first-order chi connectivity index (χ1) is 12.3. The largest absolute Gasteiger partial charge is 0.478 e. The van der Waals surface area contributed by atoms with Crippen molar-refractivity contribution < 1.29 is 24.2 Å². The number of hydrogen-bond acceptors (Lipinski definition) is 4. The number of hydrogen-bond donors (Lipinski definition) is 2. The molecule has 1 atom stereocenters. The molecule has 0 aliphatic heterocycles. The minimum absolute atomic E-state index is 0.0611. The molecule has 0 saturated carbocycles. The molecule has 1 amide bonds. The predicted octanol–water partition coefficient (Wildman–Crippen LogP) is 3.21. The van der Waals surface area contributed by atoms with Gasteiger partial charge < -0.3 is 15.2 Å². The zero-order valence-corrected chi connectivity index (χ0v) is 15.2. The molecule has 2 aromatic rings. The van der Waals surface area contributed by atoms with Crippen LogP contribution in [0.4, 0.5) is 0 Å². The van der Waals surface area contributed by atoms with Gasteiger partial charge in [0.1, 0.15) is 6.04 Å². The summed E-state index contributed by atoms with van der Waals surface area (Å²) < 4.78 is 4.73. The Labute approximate surface area is 159 Å². The molecule has 0 unspecified atom stereocenters. The monoisotopic (exact) mass is 395 g/mol. The van der Waals surface area contributed by atoms with E-state index in [2.05, 4.69) is 5.32 Å². The maximum atomic E-state index is 12.5. The molecule has 0 heterocycles. The molecule has 136 valence electrons. The molecule has 0 radical (unpaired) electrons.